The minimum Gasteiger partial charge on any atom is -0.382 e. The molecule has 3 aromatic heterocycles. The van der Waals surface area contributed by atoms with Crippen LogP contribution in [-0.2, 0) is 0 Å². The lowest BCUT2D eigenvalue weighted by atomic mass is 9.81. The van der Waals surface area contributed by atoms with Crippen molar-refractivity contribution in [3.05, 3.63) is 41.9 Å². The molecule has 1 unspecified atom stereocenters. The Kier molecular flexibility index (Phi) is 5.69. The number of nitriles is 1. The number of carbonyl (C=O) groups excluding carboxylic acids is 1. The number of amides is 1. The lowest BCUT2D eigenvalue weighted by Crippen LogP contribution is -2.46. The minimum absolute atomic E-state index is 0.113. The fraction of sp³-hybridized carbons (Fsp3) is 0.409. The number of rotatable bonds is 7. The highest BCUT2D eigenvalue weighted by atomic mass is 32.2. The SMILES string of the molecule is CSC(S)C1CC(NC(=O)c2cnc(-n3ncc4cc(C#N)cnc43)cc2NC2CC2)C1. The first-order valence-corrected chi connectivity index (χ1v) is 12.4. The lowest BCUT2D eigenvalue weighted by Gasteiger charge is -2.38. The number of aromatic nitrogens is 4. The molecule has 2 N–H and O–H groups in total. The lowest BCUT2D eigenvalue weighted by molar-refractivity contribution is 0.0895. The molecule has 0 saturated heterocycles. The molecule has 5 rings (SSSR count). The molecule has 0 radical (unpaired) electrons. The Hall–Kier alpha value is -2.77. The van der Waals surface area contributed by atoms with E-state index in [1.54, 1.807) is 34.9 Å². The second-order valence-electron chi connectivity index (χ2n) is 8.34. The summed E-state index contributed by atoms with van der Waals surface area (Å²) in [6.07, 6.45) is 10.9. The Bertz CT molecular complexity index is 1210. The van der Waals surface area contributed by atoms with Crippen LogP contribution < -0.4 is 10.6 Å². The predicted molar refractivity (Wildman–Crippen MR) is 128 cm³/mol. The molecule has 3 aromatic rings. The quantitative estimate of drug-likeness (QED) is 0.362. The smallest absolute Gasteiger partial charge is 0.255 e. The topological polar surface area (TPSA) is 109 Å². The number of pyridine rings is 2. The van der Waals surface area contributed by atoms with Crippen LogP contribution in [0.25, 0.3) is 16.9 Å². The van der Waals surface area contributed by atoms with Crippen molar-refractivity contribution in [2.75, 3.05) is 11.6 Å². The van der Waals surface area contributed by atoms with Crippen molar-refractivity contribution in [2.24, 2.45) is 5.92 Å². The summed E-state index contributed by atoms with van der Waals surface area (Å²) in [6, 6.07) is 6.24. The summed E-state index contributed by atoms with van der Waals surface area (Å²) < 4.78 is 1.94. The van der Waals surface area contributed by atoms with Crippen molar-refractivity contribution in [1.82, 2.24) is 25.1 Å². The average Bonchev–Trinajstić information content (AvgIpc) is 3.50. The molecule has 0 aromatic carbocycles. The van der Waals surface area contributed by atoms with E-state index < -0.39 is 0 Å². The van der Waals surface area contributed by atoms with Crippen molar-refractivity contribution in [1.29, 1.82) is 5.26 Å². The van der Waals surface area contributed by atoms with Crippen LogP contribution >= 0.6 is 24.4 Å². The molecule has 164 valence electrons. The summed E-state index contributed by atoms with van der Waals surface area (Å²) in [5.41, 5.74) is 2.38. The van der Waals surface area contributed by atoms with E-state index in [1.165, 1.54) is 6.20 Å². The Labute approximate surface area is 195 Å². The second kappa shape index (κ2) is 8.64. The van der Waals surface area contributed by atoms with Crippen molar-refractivity contribution in [3.63, 3.8) is 0 Å². The Morgan fingerprint density at radius 3 is 2.78 bits per heavy atom. The number of hydrogen-bond donors (Lipinski definition) is 3. The van der Waals surface area contributed by atoms with Crippen LogP contribution in [0.4, 0.5) is 5.69 Å². The zero-order valence-corrected chi connectivity index (χ0v) is 19.2. The van der Waals surface area contributed by atoms with E-state index in [0.717, 1.165) is 36.8 Å². The normalized spacial score (nSPS) is 20.9. The first kappa shape index (κ1) is 21.1. The molecular formula is C22H23N7OS2. The summed E-state index contributed by atoms with van der Waals surface area (Å²) >= 11 is 6.34. The number of fused-ring (bicyclic) bond motifs is 1. The first-order valence-electron chi connectivity index (χ1n) is 10.6. The van der Waals surface area contributed by atoms with Crippen LogP contribution in [0.5, 0.6) is 0 Å². The Morgan fingerprint density at radius 1 is 1.25 bits per heavy atom. The third kappa shape index (κ3) is 4.14. The molecule has 2 fully saturated rings. The fourth-order valence-corrected chi connectivity index (χ4v) is 4.78. The van der Waals surface area contributed by atoms with Crippen LogP contribution in [0.15, 0.2) is 30.7 Å². The zero-order valence-electron chi connectivity index (χ0n) is 17.5. The molecule has 1 amide bonds. The van der Waals surface area contributed by atoms with Gasteiger partial charge in [-0.1, -0.05) is 0 Å². The van der Waals surface area contributed by atoms with Crippen LogP contribution in [0, 0.1) is 17.2 Å². The molecule has 1 atom stereocenters. The second-order valence-corrected chi connectivity index (χ2v) is 10.2. The van der Waals surface area contributed by atoms with Gasteiger partial charge in [0.25, 0.3) is 5.91 Å². The van der Waals surface area contributed by atoms with Gasteiger partial charge in [-0.2, -0.15) is 39.4 Å². The largest absolute Gasteiger partial charge is 0.382 e. The average molecular weight is 466 g/mol. The number of nitrogens with one attached hydrogen (secondary N) is 2. The summed E-state index contributed by atoms with van der Waals surface area (Å²) in [5.74, 6) is 0.987. The Morgan fingerprint density at radius 2 is 2.06 bits per heavy atom. The number of anilines is 1. The van der Waals surface area contributed by atoms with Crippen LogP contribution in [0.2, 0.25) is 0 Å². The van der Waals surface area contributed by atoms with E-state index in [1.807, 2.05) is 6.07 Å². The molecule has 10 heteroatoms. The van der Waals surface area contributed by atoms with E-state index in [4.69, 9.17) is 5.26 Å². The van der Waals surface area contributed by atoms with Crippen LogP contribution in [-0.4, -0.2) is 48.6 Å². The van der Waals surface area contributed by atoms with Crippen LogP contribution in [0.1, 0.15) is 41.6 Å². The molecule has 2 saturated carbocycles. The van der Waals surface area contributed by atoms with E-state index >= 15 is 0 Å². The van der Waals surface area contributed by atoms with Crippen molar-refractivity contribution in [3.8, 4) is 11.9 Å². The first-order chi connectivity index (χ1) is 15.6. The van der Waals surface area contributed by atoms with Gasteiger partial charge in [0.15, 0.2) is 11.5 Å². The Balaban J connectivity index is 1.39. The van der Waals surface area contributed by atoms with Crippen molar-refractivity contribution < 1.29 is 4.79 Å². The number of nitrogens with zero attached hydrogens (tertiary/aromatic N) is 5. The number of hydrogen-bond acceptors (Lipinski definition) is 8. The van der Waals surface area contributed by atoms with E-state index in [0.29, 0.717) is 39.1 Å². The van der Waals surface area contributed by atoms with Gasteiger partial charge in [-0.15, -0.1) is 0 Å². The molecule has 32 heavy (non-hydrogen) atoms. The molecule has 3 heterocycles. The molecular weight excluding hydrogens is 442 g/mol. The molecule has 2 aliphatic rings. The van der Waals surface area contributed by atoms with Gasteiger partial charge >= 0.3 is 0 Å². The fourth-order valence-electron chi connectivity index (χ4n) is 3.93. The molecule has 0 spiro atoms. The highest BCUT2D eigenvalue weighted by molar-refractivity contribution is 8.09. The third-order valence-corrected chi connectivity index (χ3v) is 7.90. The summed E-state index contributed by atoms with van der Waals surface area (Å²) in [4.78, 5) is 21.9. The van der Waals surface area contributed by atoms with E-state index in [9.17, 15) is 4.79 Å². The zero-order chi connectivity index (χ0) is 22.2. The maximum atomic E-state index is 13.0. The summed E-state index contributed by atoms with van der Waals surface area (Å²) in [6.45, 7) is 0. The highest BCUT2D eigenvalue weighted by Crippen LogP contribution is 2.37. The standard InChI is InChI=1S/C22H23N7OS2/c1-32-22(31)13-5-16(6-13)28-21(30)17-11-24-19(7-18(17)27-15-2-3-15)29-20-14(10-26-29)4-12(8-23)9-25-20/h4,7,9-11,13,15-16,22,31H,2-3,5-6H2,1H3,(H,24,27)(H,28,30). The van der Waals surface area contributed by atoms with Crippen molar-refractivity contribution in [2.45, 2.75) is 42.3 Å². The highest BCUT2D eigenvalue weighted by Gasteiger charge is 2.35. The molecule has 2 aliphatic carbocycles. The molecule has 8 nitrogen and oxygen atoms in total. The van der Waals surface area contributed by atoms with Gasteiger partial charge in [0.2, 0.25) is 0 Å². The maximum Gasteiger partial charge on any atom is 0.255 e. The van der Waals surface area contributed by atoms with Gasteiger partial charge in [-0.3, -0.25) is 4.79 Å². The third-order valence-electron chi connectivity index (χ3n) is 5.98. The van der Waals surface area contributed by atoms with Crippen LogP contribution in [0.3, 0.4) is 0 Å². The van der Waals surface area contributed by atoms with E-state index in [2.05, 4.69) is 50.7 Å². The van der Waals surface area contributed by atoms with Gasteiger partial charge in [0, 0.05) is 40.5 Å². The number of thioether (sulfide) groups is 1. The summed E-state index contributed by atoms with van der Waals surface area (Å²) in [7, 11) is 0. The maximum absolute atomic E-state index is 13.0. The van der Waals surface area contributed by atoms with Gasteiger partial charge in [0.05, 0.1) is 23.0 Å². The van der Waals surface area contributed by atoms with Crippen molar-refractivity contribution >= 4 is 47.0 Å². The number of carbonyl (C=O) groups is 1. The summed E-state index contributed by atoms with van der Waals surface area (Å²) in [5, 5.41) is 20.9. The van der Waals surface area contributed by atoms with Gasteiger partial charge in [-0.25, -0.2) is 9.97 Å². The number of thiol groups is 1. The minimum atomic E-state index is -0.113. The van der Waals surface area contributed by atoms with Gasteiger partial charge in [0.1, 0.15) is 6.07 Å². The monoisotopic (exact) mass is 465 g/mol. The van der Waals surface area contributed by atoms with E-state index in [-0.39, 0.29) is 11.9 Å². The molecule has 0 aliphatic heterocycles. The molecule has 0 bridgehead atoms. The predicted octanol–water partition coefficient (Wildman–Crippen LogP) is 3.39. The van der Waals surface area contributed by atoms with Gasteiger partial charge in [-0.05, 0) is 43.9 Å². The van der Waals surface area contributed by atoms with Gasteiger partial charge < -0.3 is 10.6 Å².